The number of rotatable bonds is 6. The fourth-order valence-corrected chi connectivity index (χ4v) is 3.05. The summed E-state index contributed by atoms with van der Waals surface area (Å²) in [5.74, 6) is 0.662. The molecule has 2 aromatic carbocycles. The van der Waals surface area contributed by atoms with E-state index >= 15 is 0 Å². The van der Waals surface area contributed by atoms with Crippen LogP contribution in [-0.4, -0.2) is 10.7 Å². The maximum atomic E-state index is 8.88. The molecule has 0 saturated carbocycles. The van der Waals surface area contributed by atoms with Gasteiger partial charge in [0.1, 0.15) is 12.4 Å². The molecule has 0 aliphatic rings. The Hall–Kier alpha value is -3.91. The van der Waals surface area contributed by atoms with Crippen molar-refractivity contribution < 1.29 is 4.74 Å². The fourth-order valence-electron chi connectivity index (χ4n) is 3.05. The van der Waals surface area contributed by atoms with Crippen LogP contribution in [0.2, 0.25) is 0 Å². The maximum absolute atomic E-state index is 8.88. The number of aromatic nitrogens is 1. The monoisotopic (exact) mass is 382 g/mol. The lowest BCUT2D eigenvalue weighted by Crippen LogP contribution is -2.07. The second kappa shape index (κ2) is 8.85. The van der Waals surface area contributed by atoms with E-state index in [4.69, 9.17) is 21.1 Å². The van der Waals surface area contributed by atoms with E-state index in [0.29, 0.717) is 34.8 Å². The Labute approximate surface area is 170 Å². The molecule has 0 atom stereocenters. The molecule has 0 bridgehead atoms. The van der Waals surface area contributed by atoms with Gasteiger partial charge in [-0.05, 0) is 61.4 Å². The topological polar surface area (TPSA) is 95.8 Å². The number of nitrogens with one attached hydrogen (secondary N) is 1. The molecular weight excluding hydrogens is 360 g/mol. The van der Waals surface area contributed by atoms with Gasteiger partial charge in [0.15, 0.2) is 0 Å². The van der Waals surface area contributed by atoms with Gasteiger partial charge < -0.3 is 10.5 Å². The number of hydrogen-bond acceptors (Lipinski definition) is 5. The van der Waals surface area contributed by atoms with Gasteiger partial charge in [0.25, 0.3) is 0 Å². The molecule has 3 aromatic rings. The third kappa shape index (κ3) is 4.88. The van der Waals surface area contributed by atoms with E-state index in [9.17, 15) is 0 Å². The van der Waals surface area contributed by atoms with Crippen molar-refractivity contribution in [3.63, 3.8) is 0 Å². The number of benzene rings is 2. The third-order valence-corrected chi connectivity index (χ3v) is 4.44. The van der Waals surface area contributed by atoms with Gasteiger partial charge in [-0.1, -0.05) is 24.3 Å². The molecule has 0 aliphatic heterocycles. The molecule has 3 rings (SSSR count). The van der Waals surface area contributed by atoms with Crippen LogP contribution in [0.3, 0.4) is 0 Å². The van der Waals surface area contributed by atoms with Crippen molar-refractivity contribution in [1.82, 2.24) is 4.98 Å². The van der Waals surface area contributed by atoms with Gasteiger partial charge in [-0.15, -0.1) is 0 Å². The highest BCUT2D eigenvalue weighted by Gasteiger charge is 2.12. The van der Waals surface area contributed by atoms with Crippen LogP contribution in [0.15, 0.2) is 66.9 Å². The smallest absolute Gasteiger partial charge is 0.120 e. The fraction of sp³-hybridized carbons (Fsp3) is 0.125. The Morgan fingerprint density at radius 1 is 1.07 bits per heavy atom. The molecule has 0 fully saturated rings. The van der Waals surface area contributed by atoms with E-state index in [1.165, 1.54) is 6.20 Å². The summed E-state index contributed by atoms with van der Waals surface area (Å²) in [6.07, 6.45) is 1.46. The number of nitrogens with two attached hydrogens (primary N) is 1. The zero-order valence-electron chi connectivity index (χ0n) is 16.4. The van der Waals surface area contributed by atoms with E-state index in [2.05, 4.69) is 11.1 Å². The molecule has 29 heavy (non-hydrogen) atoms. The molecule has 0 unspecified atom stereocenters. The lowest BCUT2D eigenvalue weighted by molar-refractivity contribution is 0.306. The minimum Gasteiger partial charge on any atom is -0.489 e. The molecule has 1 heterocycles. The number of nitrogens with zero attached hydrogens (tertiary/aromatic N) is 2. The van der Waals surface area contributed by atoms with Crippen LogP contribution in [0.25, 0.3) is 5.57 Å². The van der Waals surface area contributed by atoms with Crippen molar-refractivity contribution >= 4 is 11.3 Å². The lowest BCUT2D eigenvalue weighted by atomic mass is 9.96. The summed E-state index contributed by atoms with van der Waals surface area (Å²) in [5, 5.41) is 17.5. The van der Waals surface area contributed by atoms with Crippen LogP contribution in [-0.2, 0) is 6.61 Å². The Kier molecular flexibility index (Phi) is 6.06. The van der Waals surface area contributed by atoms with Crippen molar-refractivity contribution in [1.29, 1.82) is 10.7 Å². The summed E-state index contributed by atoms with van der Waals surface area (Å²) >= 11 is 0. The number of pyridine rings is 1. The molecule has 1 aromatic heterocycles. The molecule has 5 heteroatoms. The summed E-state index contributed by atoms with van der Waals surface area (Å²) in [4.78, 5) is 4.38. The average molecular weight is 382 g/mol. The molecule has 5 nitrogen and oxygen atoms in total. The number of ether oxygens (including phenoxy) is 1. The van der Waals surface area contributed by atoms with Crippen LogP contribution in [0, 0.1) is 30.6 Å². The maximum Gasteiger partial charge on any atom is 0.120 e. The first-order valence-electron chi connectivity index (χ1n) is 9.19. The summed E-state index contributed by atoms with van der Waals surface area (Å²) in [5.41, 5.74) is 11.8. The Balaban J connectivity index is 1.78. The van der Waals surface area contributed by atoms with Crippen molar-refractivity contribution in [3.8, 4) is 11.8 Å². The predicted octanol–water partition coefficient (Wildman–Crippen LogP) is 4.52. The summed E-state index contributed by atoms with van der Waals surface area (Å²) < 4.78 is 5.87. The molecule has 0 radical (unpaired) electrons. The number of hydrogen-bond donors (Lipinski definition) is 2. The number of nitriles is 1. The zero-order chi connectivity index (χ0) is 20.8. The average Bonchev–Trinajstić information content (AvgIpc) is 2.72. The first-order chi connectivity index (χ1) is 14.0. The van der Waals surface area contributed by atoms with E-state index in [1.807, 2.05) is 62.4 Å². The second-order valence-electron chi connectivity index (χ2n) is 6.72. The second-order valence-corrected chi connectivity index (χ2v) is 6.72. The van der Waals surface area contributed by atoms with E-state index in [1.54, 1.807) is 12.1 Å². The van der Waals surface area contributed by atoms with Crippen molar-refractivity contribution in [2.45, 2.75) is 20.5 Å². The summed E-state index contributed by atoms with van der Waals surface area (Å²) in [6, 6.07) is 20.6. The number of allylic oxidation sites excluding steroid dienone is 1. The normalized spacial score (nSPS) is 11.0. The molecule has 0 saturated heterocycles. The minimum absolute atomic E-state index is 0.321. The van der Waals surface area contributed by atoms with E-state index in [0.717, 1.165) is 22.5 Å². The lowest BCUT2D eigenvalue weighted by Gasteiger charge is -2.13. The van der Waals surface area contributed by atoms with Crippen LogP contribution in [0.4, 0.5) is 0 Å². The van der Waals surface area contributed by atoms with Gasteiger partial charge in [-0.2, -0.15) is 5.26 Å². The molecule has 0 amide bonds. The van der Waals surface area contributed by atoms with Gasteiger partial charge in [0.05, 0.1) is 17.3 Å². The van der Waals surface area contributed by atoms with Crippen LogP contribution < -0.4 is 10.5 Å². The van der Waals surface area contributed by atoms with Gasteiger partial charge in [0.2, 0.25) is 0 Å². The Bertz CT molecular complexity index is 1090. The van der Waals surface area contributed by atoms with Gasteiger partial charge in [-0.3, -0.25) is 10.4 Å². The molecule has 144 valence electrons. The highest BCUT2D eigenvalue weighted by molar-refractivity contribution is 6.30. The van der Waals surface area contributed by atoms with Crippen LogP contribution in [0.5, 0.6) is 5.75 Å². The van der Waals surface area contributed by atoms with Crippen molar-refractivity contribution in [2.24, 2.45) is 5.73 Å². The van der Waals surface area contributed by atoms with Gasteiger partial charge >= 0.3 is 0 Å². The summed E-state index contributed by atoms with van der Waals surface area (Å²) in [7, 11) is 0. The SMILES string of the molecule is Cc1cc(/C(=C/N)C(=N)c2cccc(OCc3ccc(C#N)cc3)c2)cc(C)n1. The third-order valence-electron chi connectivity index (χ3n) is 4.44. The van der Waals surface area contributed by atoms with Gasteiger partial charge in [-0.25, -0.2) is 0 Å². The molecule has 3 N–H and O–H groups in total. The Morgan fingerprint density at radius 2 is 1.76 bits per heavy atom. The molecular formula is C24H22N4O. The molecule has 0 spiro atoms. The van der Waals surface area contributed by atoms with Gasteiger partial charge in [0, 0.05) is 28.7 Å². The number of aryl methyl sites for hydroxylation is 2. The summed E-state index contributed by atoms with van der Waals surface area (Å²) in [6.45, 7) is 4.22. The van der Waals surface area contributed by atoms with Crippen molar-refractivity contribution in [2.75, 3.05) is 0 Å². The zero-order valence-corrected chi connectivity index (χ0v) is 16.4. The van der Waals surface area contributed by atoms with Crippen LogP contribution in [0.1, 0.15) is 33.6 Å². The minimum atomic E-state index is 0.321. The predicted molar refractivity (Wildman–Crippen MR) is 115 cm³/mol. The van der Waals surface area contributed by atoms with Crippen molar-refractivity contribution in [3.05, 3.63) is 101 Å². The largest absolute Gasteiger partial charge is 0.489 e. The first-order valence-corrected chi connectivity index (χ1v) is 9.19. The highest BCUT2D eigenvalue weighted by Crippen LogP contribution is 2.23. The Morgan fingerprint density at radius 3 is 2.38 bits per heavy atom. The van der Waals surface area contributed by atoms with E-state index in [-0.39, 0.29) is 0 Å². The van der Waals surface area contributed by atoms with E-state index < -0.39 is 0 Å². The quantitative estimate of drug-likeness (QED) is 0.613. The first kappa shape index (κ1) is 19.8. The highest BCUT2D eigenvalue weighted by atomic mass is 16.5. The van der Waals surface area contributed by atoms with Crippen LogP contribution >= 0.6 is 0 Å². The molecule has 0 aliphatic carbocycles. The standard InChI is InChI=1S/C24H22N4O/c1-16-10-21(11-17(2)28-16)23(14-26)24(27)20-4-3-5-22(12-20)29-15-19-8-6-18(13-25)7-9-19/h3-12,14,27H,15,26H2,1-2H3/b23-14-,27-24?.